The third-order valence-electron chi connectivity index (χ3n) is 3.36. The summed E-state index contributed by atoms with van der Waals surface area (Å²) in [4.78, 5) is 25.7. The minimum Gasteiger partial charge on any atom is -0.465 e. The molecular formula is C12H14N2O4. The van der Waals surface area contributed by atoms with Crippen LogP contribution in [0, 0.1) is 10.1 Å². The van der Waals surface area contributed by atoms with E-state index in [0.717, 1.165) is 6.42 Å². The number of pyridine rings is 1. The SMILES string of the molecule is CCOC(=O)C1(c2ccc([N+](=O)[O-])nc2)CCC1. The molecule has 2 rings (SSSR count). The van der Waals surface area contributed by atoms with Crippen molar-refractivity contribution in [3.8, 4) is 0 Å². The molecule has 18 heavy (non-hydrogen) atoms. The van der Waals surface area contributed by atoms with Crippen molar-refractivity contribution in [1.29, 1.82) is 0 Å². The Hall–Kier alpha value is -1.98. The Balaban J connectivity index is 2.27. The van der Waals surface area contributed by atoms with E-state index in [9.17, 15) is 14.9 Å². The molecule has 1 heterocycles. The molecule has 0 N–H and O–H groups in total. The van der Waals surface area contributed by atoms with Crippen molar-refractivity contribution in [2.75, 3.05) is 6.61 Å². The number of carbonyl (C=O) groups is 1. The van der Waals surface area contributed by atoms with Gasteiger partial charge in [-0.15, -0.1) is 0 Å². The summed E-state index contributed by atoms with van der Waals surface area (Å²) < 4.78 is 5.08. The Kier molecular flexibility index (Phi) is 3.27. The van der Waals surface area contributed by atoms with Gasteiger partial charge in [-0.3, -0.25) is 4.79 Å². The highest BCUT2D eigenvalue weighted by Gasteiger charge is 2.48. The van der Waals surface area contributed by atoms with E-state index >= 15 is 0 Å². The fraction of sp³-hybridized carbons (Fsp3) is 0.500. The van der Waals surface area contributed by atoms with Crippen LogP contribution in [0.3, 0.4) is 0 Å². The fourth-order valence-electron chi connectivity index (χ4n) is 2.19. The lowest BCUT2D eigenvalue weighted by molar-refractivity contribution is -0.389. The van der Waals surface area contributed by atoms with Crippen LogP contribution in [-0.2, 0) is 14.9 Å². The second kappa shape index (κ2) is 4.72. The quantitative estimate of drug-likeness (QED) is 0.463. The molecule has 0 aliphatic heterocycles. The van der Waals surface area contributed by atoms with Crippen molar-refractivity contribution in [3.63, 3.8) is 0 Å². The average molecular weight is 250 g/mol. The molecule has 1 saturated carbocycles. The highest BCUT2D eigenvalue weighted by Crippen LogP contribution is 2.44. The molecule has 1 aliphatic carbocycles. The van der Waals surface area contributed by atoms with Gasteiger partial charge in [0.25, 0.3) is 0 Å². The van der Waals surface area contributed by atoms with E-state index in [0.29, 0.717) is 25.0 Å². The van der Waals surface area contributed by atoms with Gasteiger partial charge < -0.3 is 14.9 Å². The first-order valence-corrected chi connectivity index (χ1v) is 5.88. The van der Waals surface area contributed by atoms with Crippen LogP contribution in [0.2, 0.25) is 0 Å². The Bertz CT molecular complexity index is 465. The average Bonchev–Trinajstić information content (AvgIpc) is 2.28. The van der Waals surface area contributed by atoms with Crippen molar-refractivity contribution < 1.29 is 14.5 Å². The summed E-state index contributed by atoms with van der Waals surface area (Å²) in [6, 6.07) is 2.93. The van der Waals surface area contributed by atoms with E-state index in [1.165, 1.54) is 12.3 Å². The van der Waals surface area contributed by atoms with E-state index in [-0.39, 0.29) is 11.8 Å². The zero-order valence-electron chi connectivity index (χ0n) is 10.1. The van der Waals surface area contributed by atoms with Crippen LogP contribution < -0.4 is 0 Å². The maximum Gasteiger partial charge on any atom is 0.363 e. The lowest BCUT2D eigenvalue weighted by Crippen LogP contribution is -2.43. The van der Waals surface area contributed by atoms with Crippen molar-refractivity contribution in [2.45, 2.75) is 31.6 Å². The van der Waals surface area contributed by atoms with Gasteiger partial charge in [-0.1, -0.05) is 6.42 Å². The number of hydrogen-bond acceptors (Lipinski definition) is 5. The van der Waals surface area contributed by atoms with Crippen LogP contribution in [0.15, 0.2) is 18.3 Å². The Morgan fingerprint density at radius 3 is 2.67 bits per heavy atom. The van der Waals surface area contributed by atoms with Gasteiger partial charge in [0.15, 0.2) is 0 Å². The normalized spacial score (nSPS) is 16.7. The third-order valence-corrected chi connectivity index (χ3v) is 3.36. The molecule has 0 radical (unpaired) electrons. The summed E-state index contributed by atoms with van der Waals surface area (Å²) in [5.74, 6) is -0.469. The molecule has 1 aromatic heterocycles. The largest absolute Gasteiger partial charge is 0.465 e. The van der Waals surface area contributed by atoms with E-state index in [4.69, 9.17) is 4.74 Å². The smallest absolute Gasteiger partial charge is 0.363 e. The van der Waals surface area contributed by atoms with Crippen LogP contribution in [0.4, 0.5) is 5.82 Å². The monoisotopic (exact) mass is 250 g/mol. The first-order valence-electron chi connectivity index (χ1n) is 5.88. The molecule has 0 unspecified atom stereocenters. The first kappa shape index (κ1) is 12.5. The predicted octanol–water partition coefficient (Wildman–Crippen LogP) is 1.97. The van der Waals surface area contributed by atoms with Gasteiger partial charge in [-0.25, -0.2) is 0 Å². The number of hydrogen-bond donors (Lipinski definition) is 0. The molecule has 0 aromatic carbocycles. The van der Waals surface area contributed by atoms with E-state index < -0.39 is 10.3 Å². The van der Waals surface area contributed by atoms with Crippen molar-refractivity contribution in [2.24, 2.45) is 0 Å². The summed E-state index contributed by atoms with van der Waals surface area (Å²) in [7, 11) is 0. The highest BCUT2D eigenvalue weighted by atomic mass is 16.6. The number of nitro groups is 1. The zero-order chi connectivity index (χ0) is 13.2. The van der Waals surface area contributed by atoms with Gasteiger partial charge in [0.05, 0.1) is 12.0 Å². The number of nitrogens with zero attached hydrogens (tertiary/aromatic N) is 2. The van der Waals surface area contributed by atoms with Crippen molar-refractivity contribution in [3.05, 3.63) is 34.0 Å². The van der Waals surface area contributed by atoms with Gasteiger partial charge in [-0.2, -0.15) is 0 Å². The number of esters is 1. The van der Waals surface area contributed by atoms with E-state index in [1.807, 2.05) is 0 Å². The molecule has 0 amide bonds. The Labute approximate surface area is 104 Å². The molecule has 1 fully saturated rings. The van der Waals surface area contributed by atoms with Gasteiger partial charge in [0.1, 0.15) is 6.20 Å². The van der Waals surface area contributed by atoms with E-state index in [1.54, 1.807) is 13.0 Å². The Morgan fingerprint density at radius 1 is 1.56 bits per heavy atom. The minimum absolute atomic E-state index is 0.211. The molecule has 6 heteroatoms. The van der Waals surface area contributed by atoms with Gasteiger partial charge in [-0.05, 0) is 35.7 Å². The topological polar surface area (TPSA) is 82.3 Å². The second-order valence-corrected chi connectivity index (χ2v) is 4.32. The summed E-state index contributed by atoms with van der Waals surface area (Å²) in [6.07, 6.45) is 3.79. The second-order valence-electron chi connectivity index (χ2n) is 4.32. The summed E-state index contributed by atoms with van der Waals surface area (Å²) in [6.45, 7) is 2.10. The minimum atomic E-state index is -0.641. The summed E-state index contributed by atoms with van der Waals surface area (Å²) >= 11 is 0. The van der Waals surface area contributed by atoms with E-state index in [2.05, 4.69) is 4.98 Å². The molecule has 0 saturated heterocycles. The van der Waals surface area contributed by atoms with Gasteiger partial charge in [0.2, 0.25) is 0 Å². The molecular weight excluding hydrogens is 236 g/mol. The number of aromatic nitrogens is 1. The molecule has 96 valence electrons. The van der Waals surface area contributed by atoms with Crippen molar-refractivity contribution in [1.82, 2.24) is 4.98 Å². The maximum atomic E-state index is 12.0. The standard InChI is InChI=1S/C12H14N2O4/c1-2-18-11(15)12(6-3-7-12)9-4-5-10(13-8-9)14(16)17/h4-5,8H,2-3,6-7H2,1H3. The Morgan fingerprint density at radius 2 is 2.28 bits per heavy atom. The summed E-state index contributed by atoms with van der Waals surface area (Å²) in [5, 5.41) is 10.5. The van der Waals surface area contributed by atoms with Crippen LogP contribution in [0.25, 0.3) is 0 Å². The van der Waals surface area contributed by atoms with Crippen LogP contribution >= 0.6 is 0 Å². The van der Waals surface area contributed by atoms with Crippen molar-refractivity contribution >= 4 is 11.8 Å². The third kappa shape index (κ3) is 1.94. The fourth-order valence-corrected chi connectivity index (χ4v) is 2.19. The maximum absolute atomic E-state index is 12.0. The molecule has 0 atom stereocenters. The molecule has 0 spiro atoms. The summed E-state index contributed by atoms with van der Waals surface area (Å²) in [5.41, 5.74) is 0.0656. The molecule has 1 aliphatic rings. The number of ether oxygens (including phenoxy) is 1. The molecule has 6 nitrogen and oxygen atoms in total. The van der Waals surface area contributed by atoms with Crippen LogP contribution in [0.5, 0.6) is 0 Å². The van der Waals surface area contributed by atoms with Crippen LogP contribution in [0.1, 0.15) is 31.7 Å². The lowest BCUT2D eigenvalue weighted by atomic mass is 9.65. The highest BCUT2D eigenvalue weighted by molar-refractivity contribution is 5.84. The number of rotatable bonds is 4. The predicted molar refractivity (Wildman–Crippen MR) is 63.1 cm³/mol. The number of carbonyl (C=O) groups excluding carboxylic acids is 1. The van der Waals surface area contributed by atoms with Gasteiger partial charge >= 0.3 is 11.8 Å². The van der Waals surface area contributed by atoms with Crippen LogP contribution in [-0.4, -0.2) is 22.5 Å². The molecule has 0 bridgehead atoms. The van der Waals surface area contributed by atoms with Gasteiger partial charge in [0, 0.05) is 11.6 Å². The molecule has 1 aromatic rings. The first-order chi connectivity index (χ1) is 8.60. The zero-order valence-corrected chi connectivity index (χ0v) is 10.1. The lowest BCUT2D eigenvalue weighted by Gasteiger charge is -2.38.